The second kappa shape index (κ2) is 14.5. The predicted molar refractivity (Wildman–Crippen MR) is 120 cm³/mol. The Morgan fingerprint density at radius 3 is 1.07 bits per heavy atom. The molecule has 0 aromatic rings. The minimum absolute atomic E-state index is 0. The predicted octanol–water partition coefficient (Wildman–Crippen LogP) is -0.638. The van der Waals surface area contributed by atoms with Crippen molar-refractivity contribution in [2.24, 2.45) is 11.8 Å². The van der Waals surface area contributed by atoms with Crippen molar-refractivity contribution in [2.75, 3.05) is 52.4 Å². The Morgan fingerprint density at radius 2 is 0.828 bits per heavy atom. The van der Waals surface area contributed by atoms with Crippen molar-refractivity contribution in [3.8, 4) is 0 Å². The Hall–Kier alpha value is -0.540. The average molecular weight is 444 g/mol. The lowest BCUT2D eigenvalue weighted by Crippen LogP contribution is -3.00. The Kier molecular flexibility index (Phi) is 14.2. The van der Waals surface area contributed by atoms with Crippen LogP contribution in [0.3, 0.4) is 0 Å². The Labute approximate surface area is 193 Å². The summed E-state index contributed by atoms with van der Waals surface area (Å²) in [5.41, 5.74) is 0. The third-order valence-corrected chi connectivity index (χ3v) is 7.34. The second-order valence-corrected chi connectivity index (χ2v) is 9.28. The van der Waals surface area contributed by atoms with E-state index in [4.69, 9.17) is 0 Å². The molecule has 0 saturated carbocycles. The third kappa shape index (κ3) is 8.61. The fraction of sp³-hybridized carbons (Fsp3) is 0.680. The van der Waals surface area contributed by atoms with Crippen molar-refractivity contribution >= 4 is 0 Å². The molecule has 0 aromatic carbocycles. The van der Waals surface area contributed by atoms with Crippen LogP contribution >= 0.6 is 0 Å². The number of rotatable bonds is 12. The lowest BCUT2D eigenvalue weighted by Gasteiger charge is -2.43. The van der Waals surface area contributed by atoms with Gasteiger partial charge in [0.05, 0.1) is 52.4 Å². The van der Waals surface area contributed by atoms with E-state index >= 15 is 0 Å². The first-order chi connectivity index (χ1) is 13.1. The summed E-state index contributed by atoms with van der Waals surface area (Å²) in [5, 5.41) is 0. The molecule has 0 aromatic heterocycles. The summed E-state index contributed by atoms with van der Waals surface area (Å²) in [6, 6.07) is 0. The zero-order chi connectivity index (χ0) is 19.6. The first kappa shape index (κ1) is 28.5. The summed E-state index contributed by atoms with van der Waals surface area (Å²) in [7, 11) is 0. The highest BCUT2D eigenvalue weighted by atomic mass is 35.5. The summed E-state index contributed by atoms with van der Waals surface area (Å²) in [4.78, 5) is 0. The van der Waals surface area contributed by atoms with Crippen molar-refractivity contribution in [2.45, 2.75) is 44.9 Å². The molecule has 0 bridgehead atoms. The quantitative estimate of drug-likeness (QED) is 0.278. The molecule has 2 fully saturated rings. The van der Waals surface area contributed by atoms with E-state index in [1.165, 1.54) is 80.1 Å². The highest BCUT2D eigenvalue weighted by Crippen LogP contribution is 2.31. The summed E-state index contributed by atoms with van der Waals surface area (Å²) in [6.07, 6.45) is 18.3. The number of quaternary nitrogens is 2. The van der Waals surface area contributed by atoms with Gasteiger partial charge in [0.2, 0.25) is 0 Å². The van der Waals surface area contributed by atoms with Crippen molar-refractivity contribution < 1.29 is 33.8 Å². The first-order valence-corrected chi connectivity index (χ1v) is 11.2. The molecule has 29 heavy (non-hydrogen) atoms. The summed E-state index contributed by atoms with van der Waals surface area (Å²) in [5.74, 6) is 1.90. The molecule has 0 amide bonds. The van der Waals surface area contributed by atoms with Gasteiger partial charge in [0.15, 0.2) is 0 Å². The van der Waals surface area contributed by atoms with E-state index < -0.39 is 0 Å². The van der Waals surface area contributed by atoms with Gasteiger partial charge in [0.1, 0.15) is 0 Å². The van der Waals surface area contributed by atoms with Crippen molar-refractivity contribution in [3.05, 3.63) is 50.6 Å². The maximum atomic E-state index is 3.97. The van der Waals surface area contributed by atoms with E-state index in [1.54, 1.807) is 0 Å². The monoisotopic (exact) mass is 442 g/mol. The minimum atomic E-state index is 0. The highest BCUT2D eigenvalue weighted by molar-refractivity contribution is 4.78. The second-order valence-electron chi connectivity index (χ2n) is 9.28. The van der Waals surface area contributed by atoms with Gasteiger partial charge in [0.25, 0.3) is 0 Å². The fourth-order valence-electron chi connectivity index (χ4n) is 5.59. The van der Waals surface area contributed by atoms with E-state index in [1.807, 2.05) is 0 Å². The fourth-order valence-corrected chi connectivity index (χ4v) is 5.59. The van der Waals surface area contributed by atoms with E-state index in [2.05, 4.69) is 50.6 Å². The molecule has 2 saturated heterocycles. The summed E-state index contributed by atoms with van der Waals surface area (Å²) in [6.45, 7) is 25.6. The van der Waals surface area contributed by atoms with Crippen LogP contribution in [0.2, 0.25) is 0 Å². The molecule has 2 nitrogen and oxygen atoms in total. The van der Waals surface area contributed by atoms with Gasteiger partial charge >= 0.3 is 0 Å². The largest absolute Gasteiger partial charge is 1.00 e. The molecule has 2 aliphatic rings. The molecule has 2 rings (SSSR count). The van der Waals surface area contributed by atoms with Crippen LogP contribution in [0.4, 0.5) is 0 Å². The number of likely N-dealkylation sites (tertiary alicyclic amines) is 2. The Morgan fingerprint density at radius 1 is 0.552 bits per heavy atom. The molecule has 168 valence electrons. The number of hydrogen-bond donors (Lipinski definition) is 0. The van der Waals surface area contributed by atoms with Gasteiger partial charge in [-0.15, -0.1) is 0 Å². The Balaban J connectivity index is 0.00000392. The smallest absolute Gasteiger partial charge is 0.0973 e. The van der Waals surface area contributed by atoms with Crippen LogP contribution in [0.1, 0.15) is 44.9 Å². The number of hydrogen-bond acceptors (Lipinski definition) is 0. The molecule has 0 spiro atoms. The average Bonchev–Trinajstić information content (AvgIpc) is 2.66. The summed E-state index contributed by atoms with van der Waals surface area (Å²) >= 11 is 0. The molecule has 2 heterocycles. The van der Waals surface area contributed by atoms with Gasteiger partial charge in [-0.05, 0) is 61.8 Å². The van der Waals surface area contributed by atoms with Crippen molar-refractivity contribution in [3.63, 3.8) is 0 Å². The van der Waals surface area contributed by atoms with Crippen molar-refractivity contribution in [1.82, 2.24) is 0 Å². The third-order valence-electron chi connectivity index (χ3n) is 7.34. The molecular weight excluding hydrogens is 399 g/mol. The molecule has 0 atom stereocenters. The zero-order valence-corrected chi connectivity index (χ0v) is 20.1. The Bertz CT molecular complexity index is 419. The van der Waals surface area contributed by atoms with Gasteiger partial charge in [0, 0.05) is 0 Å². The van der Waals surface area contributed by atoms with E-state index in [0.717, 1.165) is 38.0 Å². The van der Waals surface area contributed by atoms with Crippen LogP contribution in [0.5, 0.6) is 0 Å². The number of halogens is 2. The van der Waals surface area contributed by atoms with Crippen LogP contribution in [0.15, 0.2) is 50.6 Å². The molecule has 0 aliphatic carbocycles. The van der Waals surface area contributed by atoms with E-state index in [0.29, 0.717) is 0 Å². The lowest BCUT2D eigenvalue weighted by molar-refractivity contribution is -0.923. The summed E-state index contributed by atoms with van der Waals surface area (Å²) < 4.78 is 2.39. The van der Waals surface area contributed by atoms with Crippen LogP contribution in [-0.4, -0.2) is 61.3 Å². The first-order valence-electron chi connectivity index (χ1n) is 11.2. The number of piperidine rings is 2. The standard InChI is InChI=1S/C25H44N2.2ClH/c1-5-16-26(17-6-2)20-12-24(13-21-26)10-9-11-25-14-22-27(18-7-3,19-8-4)23-15-25;;/h5-8,24-25H,1-4,9-23H2;2*1H/q+2;;/p-2. The molecule has 0 unspecified atom stereocenters. The number of nitrogens with zero attached hydrogens (tertiary/aromatic N) is 2. The highest BCUT2D eigenvalue weighted by Gasteiger charge is 2.33. The van der Waals surface area contributed by atoms with Crippen molar-refractivity contribution in [1.29, 1.82) is 0 Å². The van der Waals surface area contributed by atoms with Crippen LogP contribution in [-0.2, 0) is 0 Å². The van der Waals surface area contributed by atoms with Gasteiger partial charge in [-0.2, -0.15) is 0 Å². The van der Waals surface area contributed by atoms with Crippen LogP contribution in [0, 0.1) is 11.8 Å². The maximum Gasteiger partial charge on any atom is 0.0973 e. The van der Waals surface area contributed by atoms with Crippen LogP contribution in [0.25, 0.3) is 0 Å². The maximum absolute atomic E-state index is 3.97. The van der Waals surface area contributed by atoms with E-state index in [-0.39, 0.29) is 24.8 Å². The topological polar surface area (TPSA) is 0 Å². The van der Waals surface area contributed by atoms with E-state index in [9.17, 15) is 0 Å². The molecule has 4 heteroatoms. The van der Waals surface area contributed by atoms with Gasteiger partial charge in [-0.3, -0.25) is 0 Å². The molecule has 2 aliphatic heterocycles. The SMILES string of the molecule is C=CC[N+]1(CC=C)CCC(CCCC2CC[N+](CC=C)(CC=C)CC2)CC1.[Cl-].[Cl-]. The normalized spacial score (nSPS) is 21.2. The van der Waals surface area contributed by atoms with Gasteiger partial charge in [-0.1, -0.05) is 45.6 Å². The molecule has 0 N–H and O–H groups in total. The molecular formula is C25H44Cl2N2. The van der Waals surface area contributed by atoms with Gasteiger partial charge < -0.3 is 33.8 Å². The minimum Gasteiger partial charge on any atom is -1.00 e. The molecule has 0 radical (unpaired) electrons. The van der Waals surface area contributed by atoms with Gasteiger partial charge in [-0.25, -0.2) is 0 Å². The zero-order valence-electron chi connectivity index (χ0n) is 18.5. The van der Waals surface area contributed by atoms with Crippen LogP contribution < -0.4 is 24.8 Å². The lowest BCUT2D eigenvalue weighted by atomic mass is 9.85.